The van der Waals surface area contributed by atoms with Crippen LogP contribution < -0.4 is 10.2 Å². The van der Waals surface area contributed by atoms with E-state index in [0.717, 1.165) is 15.8 Å². The van der Waals surface area contributed by atoms with Gasteiger partial charge in [0, 0.05) is 21.7 Å². The Hall–Kier alpha value is -1.47. The Bertz CT molecular complexity index is 576. The first-order valence-electron chi connectivity index (χ1n) is 4.71. The molecule has 0 saturated heterocycles. The van der Waals surface area contributed by atoms with Gasteiger partial charge in [-0.3, -0.25) is 9.59 Å². The lowest BCUT2D eigenvalue weighted by Crippen LogP contribution is -2.24. The molecule has 0 bridgehead atoms. The lowest BCUT2D eigenvalue weighted by molar-refractivity contribution is 0.0945. The number of aromatic amines is 1. The average Bonchev–Trinajstić information content (AvgIpc) is 2.73. The Morgan fingerprint density at radius 1 is 1.53 bits per heavy atom. The maximum atomic E-state index is 11.7. The van der Waals surface area contributed by atoms with E-state index in [9.17, 15) is 9.59 Å². The molecule has 1 amide bonds. The van der Waals surface area contributed by atoms with Gasteiger partial charge in [0.25, 0.3) is 5.91 Å². The molecule has 0 aromatic carbocycles. The molecule has 0 aliphatic carbocycles. The van der Waals surface area contributed by atoms with E-state index >= 15 is 0 Å². The number of H-pyrrole nitrogens is 1. The van der Waals surface area contributed by atoms with Crippen molar-refractivity contribution in [2.75, 3.05) is 0 Å². The van der Waals surface area contributed by atoms with Crippen molar-refractivity contribution in [3.05, 3.63) is 49.2 Å². The van der Waals surface area contributed by atoms with Crippen molar-refractivity contribution in [2.24, 2.45) is 0 Å². The molecule has 0 radical (unpaired) electrons. The van der Waals surface area contributed by atoms with Crippen LogP contribution in [-0.4, -0.2) is 15.9 Å². The van der Waals surface area contributed by atoms with Crippen molar-refractivity contribution in [1.29, 1.82) is 0 Å². The van der Waals surface area contributed by atoms with Crippen molar-refractivity contribution < 1.29 is 4.79 Å². The second-order valence-corrected chi connectivity index (χ2v) is 4.98. The Kier molecular flexibility index (Phi) is 3.70. The van der Waals surface area contributed by atoms with Crippen LogP contribution in [0.2, 0.25) is 0 Å². The zero-order chi connectivity index (χ0) is 12.3. The van der Waals surface area contributed by atoms with Gasteiger partial charge in [0.1, 0.15) is 5.69 Å². The van der Waals surface area contributed by atoms with E-state index in [-0.39, 0.29) is 17.3 Å². The Morgan fingerprint density at radius 3 is 2.94 bits per heavy atom. The summed E-state index contributed by atoms with van der Waals surface area (Å²) in [5.74, 6) is -0.274. The minimum absolute atomic E-state index is 0.129. The van der Waals surface area contributed by atoms with Crippen molar-refractivity contribution in [2.45, 2.75) is 6.54 Å². The van der Waals surface area contributed by atoms with Gasteiger partial charge in [0.2, 0.25) is 0 Å². The van der Waals surface area contributed by atoms with E-state index in [1.165, 1.54) is 0 Å². The summed E-state index contributed by atoms with van der Waals surface area (Å²) in [6, 6.07) is 3.37. The van der Waals surface area contributed by atoms with Crippen LogP contribution in [0.25, 0.3) is 0 Å². The SMILES string of the molecule is O=C(NCc1csc(=O)[nH]1)c1ccc(Br)cn1. The number of rotatable bonds is 3. The fourth-order valence-corrected chi connectivity index (χ4v) is 1.99. The number of pyridine rings is 1. The Labute approximate surface area is 109 Å². The number of carbonyl (C=O) groups excluding carboxylic acids is 1. The molecule has 17 heavy (non-hydrogen) atoms. The van der Waals surface area contributed by atoms with Gasteiger partial charge in [-0.15, -0.1) is 0 Å². The van der Waals surface area contributed by atoms with Gasteiger partial charge in [0.15, 0.2) is 0 Å². The predicted octanol–water partition coefficient (Wildman–Crippen LogP) is 1.52. The summed E-state index contributed by atoms with van der Waals surface area (Å²) < 4.78 is 0.816. The summed E-state index contributed by atoms with van der Waals surface area (Å²) in [5.41, 5.74) is 1.02. The van der Waals surface area contributed by atoms with E-state index in [2.05, 4.69) is 31.2 Å². The number of halogens is 1. The zero-order valence-corrected chi connectivity index (χ0v) is 11.0. The molecule has 0 unspecified atom stereocenters. The fourth-order valence-electron chi connectivity index (χ4n) is 1.18. The van der Waals surface area contributed by atoms with Crippen LogP contribution in [0.4, 0.5) is 0 Å². The first-order valence-corrected chi connectivity index (χ1v) is 6.39. The minimum Gasteiger partial charge on any atom is -0.345 e. The smallest absolute Gasteiger partial charge is 0.304 e. The largest absolute Gasteiger partial charge is 0.345 e. The minimum atomic E-state index is -0.274. The van der Waals surface area contributed by atoms with Gasteiger partial charge >= 0.3 is 4.87 Å². The van der Waals surface area contributed by atoms with Gasteiger partial charge in [-0.2, -0.15) is 0 Å². The lowest BCUT2D eigenvalue weighted by Gasteiger charge is -2.02. The zero-order valence-electron chi connectivity index (χ0n) is 8.57. The molecule has 0 aliphatic heterocycles. The second kappa shape index (κ2) is 5.24. The monoisotopic (exact) mass is 313 g/mol. The van der Waals surface area contributed by atoms with Crippen molar-refractivity contribution in [3.63, 3.8) is 0 Å². The summed E-state index contributed by atoms with van der Waals surface area (Å²) >= 11 is 4.31. The molecule has 88 valence electrons. The van der Waals surface area contributed by atoms with E-state index in [4.69, 9.17) is 0 Å². The van der Waals surface area contributed by atoms with Gasteiger partial charge < -0.3 is 10.3 Å². The lowest BCUT2D eigenvalue weighted by atomic mass is 10.3. The maximum Gasteiger partial charge on any atom is 0.304 e. The Morgan fingerprint density at radius 2 is 2.35 bits per heavy atom. The topological polar surface area (TPSA) is 74.8 Å². The first kappa shape index (κ1) is 12.0. The normalized spacial score (nSPS) is 10.2. The third-order valence-electron chi connectivity index (χ3n) is 1.97. The van der Waals surface area contributed by atoms with Crippen LogP contribution in [0.3, 0.4) is 0 Å². The first-order chi connectivity index (χ1) is 8.15. The molecule has 0 saturated carbocycles. The highest BCUT2D eigenvalue weighted by Gasteiger charge is 2.06. The average molecular weight is 314 g/mol. The molecule has 5 nitrogen and oxygen atoms in total. The van der Waals surface area contributed by atoms with Crippen LogP contribution in [0.15, 0.2) is 33.0 Å². The molecular weight excluding hydrogens is 306 g/mol. The maximum absolute atomic E-state index is 11.7. The summed E-state index contributed by atoms with van der Waals surface area (Å²) in [4.78, 5) is 29.0. The van der Waals surface area contributed by atoms with Crippen LogP contribution in [0, 0.1) is 0 Å². The highest BCUT2D eigenvalue weighted by atomic mass is 79.9. The molecule has 2 aromatic rings. The Balaban J connectivity index is 1.98. The van der Waals surface area contributed by atoms with E-state index in [1.807, 2.05) is 0 Å². The number of hydrogen-bond donors (Lipinski definition) is 2. The number of aromatic nitrogens is 2. The van der Waals surface area contributed by atoms with Crippen molar-refractivity contribution >= 4 is 33.2 Å². The second-order valence-electron chi connectivity index (χ2n) is 3.22. The molecule has 0 spiro atoms. The van der Waals surface area contributed by atoms with Gasteiger partial charge in [0.05, 0.1) is 6.54 Å². The number of thiazole rings is 1. The third kappa shape index (κ3) is 3.24. The van der Waals surface area contributed by atoms with Crippen molar-refractivity contribution in [3.8, 4) is 0 Å². The number of hydrogen-bond acceptors (Lipinski definition) is 4. The van der Waals surface area contributed by atoms with Crippen LogP contribution in [0.1, 0.15) is 16.2 Å². The van der Waals surface area contributed by atoms with Gasteiger partial charge in [-0.25, -0.2) is 4.98 Å². The molecule has 2 aromatic heterocycles. The number of nitrogens with zero attached hydrogens (tertiary/aromatic N) is 1. The standard InChI is InChI=1S/C10H8BrN3O2S/c11-6-1-2-8(12-3-6)9(15)13-4-7-5-17-10(16)14-7/h1-3,5H,4H2,(H,13,15)(H,14,16). The number of amides is 1. The fraction of sp³-hybridized carbons (Fsp3) is 0.100. The summed E-state index contributed by atoms with van der Waals surface area (Å²) in [6.45, 7) is 0.287. The van der Waals surface area contributed by atoms with Crippen LogP contribution in [0.5, 0.6) is 0 Å². The number of nitrogens with one attached hydrogen (secondary N) is 2. The molecule has 0 atom stereocenters. The van der Waals surface area contributed by atoms with E-state index < -0.39 is 0 Å². The molecule has 0 fully saturated rings. The van der Waals surface area contributed by atoms with Crippen LogP contribution in [-0.2, 0) is 6.54 Å². The van der Waals surface area contributed by atoms with Gasteiger partial charge in [-0.05, 0) is 28.1 Å². The molecule has 0 aliphatic rings. The van der Waals surface area contributed by atoms with E-state index in [1.54, 1.807) is 23.7 Å². The third-order valence-corrected chi connectivity index (χ3v) is 3.16. The number of carbonyl (C=O) groups is 1. The molecule has 2 rings (SSSR count). The van der Waals surface area contributed by atoms with Gasteiger partial charge in [-0.1, -0.05) is 11.3 Å². The highest BCUT2D eigenvalue weighted by molar-refractivity contribution is 9.10. The highest BCUT2D eigenvalue weighted by Crippen LogP contribution is 2.07. The molecule has 2 N–H and O–H groups in total. The molecule has 7 heteroatoms. The molecular formula is C10H8BrN3O2S. The predicted molar refractivity (Wildman–Crippen MR) is 68.0 cm³/mol. The van der Waals surface area contributed by atoms with Crippen LogP contribution >= 0.6 is 27.3 Å². The van der Waals surface area contributed by atoms with Crippen molar-refractivity contribution in [1.82, 2.24) is 15.3 Å². The summed E-state index contributed by atoms with van der Waals surface area (Å²) in [7, 11) is 0. The summed E-state index contributed by atoms with van der Waals surface area (Å²) in [6.07, 6.45) is 1.56. The van der Waals surface area contributed by atoms with E-state index in [0.29, 0.717) is 11.4 Å². The molecule has 2 heterocycles. The summed E-state index contributed by atoms with van der Waals surface area (Å²) in [5, 5.41) is 4.35. The quantitative estimate of drug-likeness (QED) is 0.902.